The number of anilines is 2. The van der Waals surface area contributed by atoms with Crippen LogP contribution >= 0.6 is 0 Å². The van der Waals surface area contributed by atoms with Crippen LogP contribution in [0.5, 0.6) is 0 Å². The van der Waals surface area contributed by atoms with Crippen molar-refractivity contribution in [2.75, 3.05) is 23.5 Å². The third kappa shape index (κ3) is 4.20. The lowest BCUT2D eigenvalue weighted by Crippen LogP contribution is -2.18. The molecule has 10 heteroatoms. The number of hydrazine groups is 1. The molecule has 9 nitrogen and oxygen atoms in total. The monoisotopic (exact) mass is 310 g/mol. The summed E-state index contributed by atoms with van der Waals surface area (Å²) < 4.78 is 12.8. The zero-order chi connectivity index (χ0) is 15.2. The maximum Gasteiger partial charge on any atom is 0.257 e. The van der Waals surface area contributed by atoms with Crippen molar-refractivity contribution in [1.82, 2.24) is 24.7 Å². The van der Waals surface area contributed by atoms with Crippen molar-refractivity contribution in [1.29, 1.82) is 0 Å². The lowest BCUT2D eigenvalue weighted by molar-refractivity contribution is 0.672. The third-order valence-electron chi connectivity index (χ3n) is 2.86. The van der Waals surface area contributed by atoms with E-state index in [1.165, 1.54) is 4.68 Å². The molecule has 114 valence electrons. The summed E-state index contributed by atoms with van der Waals surface area (Å²) in [6.45, 7) is 2.54. The number of rotatable bonds is 7. The number of nitrogen functional groups attached to an aromatic ring is 1. The Balaban J connectivity index is 2.09. The van der Waals surface area contributed by atoms with Gasteiger partial charge in [-0.2, -0.15) is 20.1 Å². The summed E-state index contributed by atoms with van der Waals surface area (Å²) >= 11 is 0. The van der Waals surface area contributed by atoms with E-state index in [-0.39, 0.29) is 11.2 Å². The van der Waals surface area contributed by atoms with Crippen LogP contribution in [0.3, 0.4) is 0 Å². The Morgan fingerprint density at radius 1 is 1.38 bits per heavy atom. The Bertz CT molecular complexity index is 602. The second kappa shape index (κ2) is 7.09. The van der Waals surface area contributed by atoms with Crippen LogP contribution in [-0.2, 0) is 10.8 Å². The van der Waals surface area contributed by atoms with E-state index in [9.17, 15) is 4.21 Å². The largest absolute Gasteiger partial charge is 0.354 e. The molecule has 2 aromatic rings. The van der Waals surface area contributed by atoms with Gasteiger partial charge in [0.15, 0.2) is 0 Å². The Kier molecular flexibility index (Phi) is 5.17. The fourth-order valence-corrected chi connectivity index (χ4v) is 2.00. The summed E-state index contributed by atoms with van der Waals surface area (Å²) in [5.41, 5.74) is 2.40. The Morgan fingerprint density at radius 3 is 2.76 bits per heavy atom. The van der Waals surface area contributed by atoms with E-state index in [1.807, 2.05) is 6.92 Å². The predicted molar refractivity (Wildman–Crippen MR) is 81.4 cm³/mol. The minimum Gasteiger partial charge on any atom is -0.354 e. The Hall–Kier alpha value is -2.07. The summed E-state index contributed by atoms with van der Waals surface area (Å²) in [5.74, 6) is 6.34. The van der Waals surface area contributed by atoms with Gasteiger partial charge in [0.05, 0.1) is 0 Å². The van der Waals surface area contributed by atoms with Gasteiger partial charge in [-0.15, -0.1) is 0 Å². The number of nitrogens with one attached hydrogen (secondary N) is 2. The number of hydrogen-bond acceptors (Lipinski definition) is 8. The number of nitrogens with zero attached hydrogens (tertiary/aromatic N) is 5. The zero-order valence-corrected chi connectivity index (χ0v) is 12.7. The average molecular weight is 310 g/mol. The highest BCUT2D eigenvalue weighted by Gasteiger charge is 2.09. The number of aromatic nitrogens is 5. The Morgan fingerprint density at radius 2 is 2.14 bits per heavy atom. The van der Waals surface area contributed by atoms with Crippen molar-refractivity contribution in [2.24, 2.45) is 5.84 Å². The van der Waals surface area contributed by atoms with Gasteiger partial charge in [-0.1, -0.05) is 6.92 Å². The van der Waals surface area contributed by atoms with Gasteiger partial charge in [-0.05, 0) is 12.5 Å². The minimum absolute atomic E-state index is 0.108. The van der Waals surface area contributed by atoms with Crippen molar-refractivity contribution in [3.8, 4) is 5.95 Å². The molecular formula is C11H18N8OS. The normalized spacial score (nSPS) is 13.7. The van der Waals surface area contributed by atoms with Gasteiger partial charge >= 0.3 is 0 Å². The topological polar surface area (TPSA) is 124 Å². The van der Waals surface area contributed by atoms with E-state index >= 15 is 0 Å². The summed E-state index contributed by atoms with van der Waals surface area (Å²) in [6, 6.07) is 1.77. The first kappa shape index (κ1) is 15.3. The van der Waals surface area contributed by atoms with Crippen molar-refractivity contribution in [3.63, 3.8) is 0 Å². The highest BCUT2D eigenvalue weighted by atomic mass is 32.2. The number of nitrogens with two attached hydrogens (primary N) is 1. The van der Waals surface area contributed by atoms with E-state index in [0.29, 0.717) is 18.4 Å². The van der Waals surface area contributed by atoms with Gasteiger partial charge in [0, 0.05) is 41.2 Å². The molecule has 2 rings (SSSR count). The van der Waals surface area contributed by atoms with Crippen LogP contribution in [0.1, 0.15) is 13.3 Å². The quantitative estimate of drug-likeness (QED) is 0.479. The summed E-state index contributed by atoms with van der Waals surface area (Å²) in [5, 5.41) is 7.24. The molecule has 0 aromatic carbocycles. The third-order valence-corrected chi connectivity index (χ3v) is 4.23. The highest BCUT2D eigenvalue weighted by Crippen LogP contribution is 2.08. The van der Waals surface area contributed by atoms with E-state index in [1.54, 1.807) is 24.7 Å². The lowest BCUT2D eigenvalue weighted by Gasteiger charge is -2.10. The molecule has 0 aliphatic heterocycles. The van der Waals surface area contributed by atoms with E-state index in [2.05, 4.69) is 30.8 Å². The van der Waals surface area contributed by atoms with Crippen molar-refractivity contribution >= 4 is 22.7 Å². The molecule has 0 aliphatic carbocycles. The Labute approximate surface area is 124 Å². The van der Waals surface area contributed by atoms with Crippen LogP contribution in [0.25, 0.3) is 5.95 Å². The molecular weight excluding hydrogens is 292 g/mol. The second-order valence-corrected chi connectivity index (χ2v) is 6.20. The van der Waals surface area contributed by atoms with Crippen LogP contribution < -0.4 is 16.6 Å². The molecule has 2 atom stereocenters. The van der Waals surface area contributed by atoms with Crippen molar-refractivity contribution in [2.45, 2.75) is 18.6 Å². The van der Waals surface area contributed by atoms with Gasteiger partial charge in [0.2, 0.25) is 11.9 Å². The molecule has 0 radical (unpaired) electrons. The molecule has 2 unspecified atom stereocenters. The van der Waals surface area contributed by atoms with Gasteiger partial charge in [-0.3, -0.25) is 9.63 Å². The predicted octanol–water partition coefficient (Wildman–Crippen LogP) is -0.0881. The van der Waals surface area contributed by atoms with Gasteiger partial charge in [0.1, 0.15) is 0 Å². The summed E-state index contributed by atoms with van der Waals surface area (Å²) in [7, 11) is -0.843. The molecule has 21 heavy (non-hydrogen) atoms. The first-order chi connectivity index (χ1) is 10.1. The molecule has 0 fully saturated rings. The van der Waals surface area contributed by atoms with Crippen molar-refractivity contribution < 1.29 is 4.21 Å². The molecule has 0 spiro atoms. The summed E-state index contributed by atoms with van der Waals surface area (Å²) in [4.78, 5) is 12.5. The first-order valence-electron chi connectivity index (χ1n) is 6.39. The molecule has 0 bridgehead atoms. The van der Waals surface area contributed by atoms with E-state index in [0.717, 1.165) is 6.42 Å². The molecule has 4 N–H and O–H groups in total. The van der Waals surface area contributed by atoms with Gasteiger partial charge < -0.3 is 5.32 Å². The van der Waals surface area contributed by atoms with E-state index in [4.69, 9.17) is 5.84 Å². The van der Waals surface area contributed by atoms with Crippen LogP contribution in [0, 0.1) is 0 Å². The van der Waals surface area contributed by atoms with E-state index < -0.39 is 10.8 Å². The number of hydrogen-bond donors (Lipinski definition) is 3. The molecule has 2 heterocycles. The minimum atomic E-state index is -0.843. The fraction of sp³-hybridized carbons (Fsp3) is 0.455. The molecule has 2 aromatic heterocycles. The zero-order valence-electron chi connectivity index (χ0n) is 11.9. The molecule has 0 aliphatic rings. The van der Waals surface area contributed by atoms with Crippen molar-refractivity contribution in [3.05, 3.63) is 18.5 Å². The molecule has 0 saturated carbocycles. The van der Waals surface area contributed by atoms with Crippen LogP contribution in [0.15, 0.2) is 18.5 Å². The lowest BCUT2D eigenvalue weighted by atomic mass is 10.3. The van der Waals surface area contributed by atoms with Crippen LogP contribution in [0.2, 0.25) is 0 Å². The SMILES string of the molecule is CC(CCNc1nc(NN)nc(-n2cccn2)n1)S(C)=O. The maximum atomic E-state index is 11.3. The first-order valence-corrected chi connectivity index (χ1v) is 8.01. The van der Waals surface area contributed by atoms with Gasteiger partial charge in [-0.25, -0.2) is 10.5 Å². The molecule has 0 amide bonds. The smallest absolute Gasteiger partial charge is 0.257 e. The summed E-state index contributed by atoms with van der Waals surface area (Å²) in [6.07, 6.45) is 5.80. The average Bonchev–Trinajstić information content (AvgIpc) is 3.01. The standard InChI is InChI=1S/C11H18N8OS/c1-8(21(2)20)4-6-13-9-15-10(18-12)17-11(16-9)19-7-3-5-14-19/h3,5,7-8H,4,6,12H2,1-2H3,(H2,13,15,16,17,18). The second-order valence-electron chi connectivity index (χ2n) is 4.40. The van der Waals surface area contributed by atoms with Gasteiger partial charge in [0.25, 0.3) is 5.95 Å². The molecule has 0 saturated heterocycles. The highest BCUT2D eigenvalue weighted by molar-refractivity contribution is 7.84. The van der Waals surface area contributed by atoms with Crippen LogP contribution in [-0.4, -0.2) is 47.0 Å². The fourth-order valence-electron chi connectivity index (χ4n) is 1.55. The van der Waals surface area contributed by atoms with Crippen LogP contribution in [0.4, 0.5) is 11.9 Å². The maximum absolute atomic E-state index is 11.3.